The minimum atomic E-state index is -2.75. The van der Waals surface area contributed by atoms with E-state index in [0.717, 1.165) is 0 Å². The van der Waals surface area contributed by atoms with Gasteiger partial charge in [-0.2, -0.15) is 0 Å². The highest BCUT2D eigenvalue weighted by molar-refractivity contribution is 5.52. The molecule has 0 aliphatic heterocycles. The van der Waals surface area contributed by atoms with Crippen LogP contribution in [0.1, 0.15) is 13.8 Å². The van der Waals surface area contributed by atoms with E-state index in [1.807, 2.05) is 0 Å². The molecule has 0 aliphatic carbocycles. The van der Waals surface area contributed by atoms with Crippen molar-refractivity contribution in [1.82, 2.24) is 0 Å². The van der Waals surface area contributed by atoms with Crippen LogP contribution in [-0.4, -0.2) is 19.2 Å². The maximum Gasteiger partial charge on any atom is 0.200 e. The highest BCUT2D eigenvalue weighted by Gasteiger charge is 2.08. The van der Waals surface area contributed by atoms with Crippen molar-refractivity contribution in [2.75, 3.05) is 14.1 Å². The van der Waals surface area contributed by atoms with Crippen molar-refractivity contribution in [3.8, 4) is 17.2 Å². The fourth-order valence-corrected chi connectivity index (χ4v) is 0.869. The first-order chi connectivity index (χ1) is 7.98. The first-order valence-electron chi connectivity index (χ1n) is 6.19. The van der Waals surface area contributed by atoms with Crippen molar-refractivity contribution in [3.05, 3.63) is 17.7 Å². The second kappa shape index (κ2) is 3.34. The van der Waals surface area contributed by atoms with Crippen LogP contribution in [0.25, 0.3) is 0 Å². The lowest BCUT2D eigenvalue weighted by Crippen LogP contribution is -1.89. The molecule has 0 amide bonds. The molecular weight excluding hydrogens is 156 g/mol. The van der Waals surface area contributed by atoms with Crippen LogP contribution in [0.5, 0.6) is 17.2 Å². The van der Waals surface area contributed by atoms with Gasteiger partial charge in [0.2, 0.25) is 5.75 Å². The SMILES string of the molecule is [2H]C([2H])([2H])Oc1cc(C)cc(OC([2H])([2H])[2H])c1O. The molecule has 0 saturated carbocycles. The van der Waals surface area contributed by atoms with Crippen LogP contribution in [0, 0.1) is 6.92 Å². The number of methoxy groups -OCH3 is 2. The minimum Gasteiger partial charge on any atom is -0.502 e. The maximum atomic E-state index is 9.69. The third-order valence-electron chi connectivity index (χ3n) is 1.40. The highest BCUT2D eigenvalue weighted by atomic mass is 16.5. The van der Waals surface area contributed by atoms with Crippen molar-refractivity contribution in [2.45, 2.75) is 6.92 Å². The number of ether oxygens (including phenoxy) is 2. The summed E-state index contributed by atoms with van der Waals surface area (Å²) in [6.07, 6.45) is 0. The van der Waals surface area contributed by atoms with Crippen molar-refractivity contribution in [3.63, 3.8) is 0 Å². The summed E-state index contributed by atoms with van der Waals surface area (Å²) in [5.74, 6) is -1.36. The summed E-state index contributed by atoms with van der Waals surface area (Å²) >= 11 is 0. The number of aryl methyl sites for hydroxylation is 1. The molecule has 0 atom stereocenters. The summed E-state index contributed by atoms with van der Waals surface area (Å²) in [6, 6.07) is 2.54. The Morgan fingerprint density at radius 1 is 1.25 bits per heavy atom. The molecule has 12 heavy (non-hydrogen) atoms. The number of benzene rings is 1. The molecule has 0 fully saturated rings. The second-order valence-corrected chi connectivity index (χ2v) is 2.31. The average molecular weight is 174 g/mol. The third-order valence-corrected chi connectivity index (χ3v) is 1.40. The Morgan fingerprint density at radius 3 is 2.17 bits per heavy atom. The summed E-state index contributed by atoms with van der Waals surface area (Å²) in [5, 5.41) is 9.69. The maximum absolute atomic E-state index is 9.69. The summed E-state index contributed by atoms with van der Waals surface area (Å²) in [4.78, 5) is 0. The lowest BCUT2D eigenvalue weighted by atomic mass is 10.2. The molecule has 1 rings (SSSR count). The van der Waals surface area contributed by atoms with Gasteiger partial charge in [0.1, 0.15) is 0 Å². The van der Waals surface area contributed by atoms with Gasteiger partial charge in [0, 0.05) is 0 Å². The van der Waals surface area contributed by atoms with Crippen LogP contribution in [0.3, 0.4) is 0 Å². The molecule has 0 aliphatic rings. The van der Waals surface area contributed by atoms with Gasteiger partial charge in [-0.25, -0.2) is 0 Å². The van der Waals surface area contributed by atoms with Gasteiger partial charge in [-0.1, -0.05) is 0 Å². The van der Waals surface area contributed by atoms with Crippen molar-refractivity contribution >= 4 is 0 Å². The fourth-order valence-electron chi connectivity index (χ4n) is 0.869. The molecule has 0 aromatic heterocycles. The summed E-state index contributed by atoms with van der Waals surface area (Å²) in [7, 11) is -5.49. The molecular formula is C9H12O3. The Labute approximate surface area is 80.0 Å². The van der Waals surface area contributed by atoms with E-state index in [1.54, 1.807) is 6.92 Å². The van der Waals surface area contributed by atoms with Crippen LogP contribution in [0.4, 0.5) is 0 Å². The zero-order valence-corrected chi connectivity index (χ0v) is 6.42. The lowest BCUT2D eigenvalue weighted by molar-refractivity contribution is 0.339. The number of phenolic OH excluding ortho intramolecular Hbond substituents is 1. The standard InChI is InChI=1S/C9H12O3/c1-6-4-7(11-2)9(10)8(5-6)12-3/h4-5,10H,1-3H3/i2D3,3D3. The van der Waals surface area contributed by atoms with E-state index in [4.69, 9.17) is 8.22 Å². The number of phenols is 1. The largest absolute Gasteiger partial charge is 0.502 e. The van der Waals surface area contributed by atoms with Crippen molar-refractivity contribution in [1.29, 1.82) is 0 Å². The van der Waals surface area contributed by atoms with Gasteiger partial charge >= 0.3 is 0 Å². The Kier molecular flexibility index (Phi) is 0.992. The molecule has 0 bridgehead atoms. The van der Waals surface area contributed by atoms with Gasteiger partial charge in [0.15, 0.2) is 11.5 Å². The molecule has 1 N–H and O–H groups in total. The molecule has 0 spiro atoms. The Balaban J connectivity index is 3.14. The summed E-state index contributed by atoms with van der Waals surface area (Å²) in [6.45, 7) is 1.58. The van der Waals surface area contributed by atoms with Crippen LogP contribution < -0.4 is 9.47 Å². The summed E-state index contributed by atoms with van der Waals surface area (Å²) in [5.41, 5.74) is 0.492. The number of aromatic hydroxyl groups is 1. The van der Waals surface area contributed by atoms with E-state index >= 15 is 0 Å². The van der Waals surface area contributed by atoms with Gasteiger partial charge in [-0.15, -0.1) is 0 Å². The van der Waals surface area contributed by atoms with Gasteiger partial charge in [-0.3, -0.25) is 0 Å². The Morgan fingerprint density at radius 2 is 1.75 bits per heavy atom. The van der Waals surface area contributed by atoms with E-state index in [2.05, 4.69) is 9.47 Å². The zero-order valence-electron chi connectivity index (χ0n) is 12.4. The normalized spacial score (nSPS) is 19.1. The monoisotopic (exact) mass is 174 g/mol. The van der Waals surface area contributed by atoms with Crippen LogP contribution >= 0.6 is 0 Å². The van der Waals surface area contributed by atoms with Crippen LogP contribution in [0.2, 0.25) is 0 Å². The number of hydrogen-bond donors (Lipinski definition) is 1. The summed E-state index contributed by atoms with van der Waals surface area (Å²) < 4.78 is 50.7. The molecule has 0 heterocycles. The van der Waals surface area contributed by atoms with E-state index in [-0.39, 0.29) is 11.5 Å². The van der Waals surface area contributed by atoms with Gasteiger partial charge in [0.05, 0.1) is 22.3 Å². The van der Waals surface area contributed by atoms with Crippen LogP contribution in [0.15, 0.2) is 12.1 Å². The van der Waals surface area contributed by atoms with E-state index in [0.29, 0.717) is 5.56 Å². The Bertz CT molecular complexity index is 400. The van der Waals surface area contributed by atoms with E-state index in [9.17, 15) is 5.11 Å². The van der Waals surface area contributed by atoms with Crippen molar-refractivity contribution in [2.24, 2.45) is 0 Å². The zero-order chi connectivity index (χ0) is 14.1. The van der Waals surface area contributed by atoms with E-state index < -0.39 is 19.8 Å². The van der Waals surface area contributed by atoms with Crippen molar-refractivity contribution < 1.29 is 22.8 Å². The average Bonchev–Trinajstić information content (AvgIpc) is 2.07. The quantitative estimate of drug-likeness (QED) is 0.742. The van der Waals surface area contributed by atoms with E-state index in [1.165, 1.54) is 12.1 Å². The fraction of sp³-hybridized carbons (Fsp3) is 0.333. The predicted octanol–water partition coefficient (Wildman–Crippen LogP) is 1.72. The highest BCUT2D eigenvalue weighted by Crippen LogP contribution is 2.36. The molecule has 0 unspecified atom stereocenters. The molecule has 1 aromatic carbocycles. The first-order valence-corrected chi connectivity index (χ1v) is 3.19. The second-order valence-electron chi connectivity index (χ2n) is 2.31. The minimum absolute atomic E-state index is 0.353. The molecule has 3 heteroatoms. The number of rotatable bonds is 2. The molecule has 0 radical (unpaired) electrons. The smallest absolute Gasteiger partial charge is 0.200 e. The topological polar surface area (TPSA) is 38.7 Å². The molecule has 1 aromatic rings. The van der Waals surface area contributed by atoms with Gasteiger partial charge in [-0.05, 0) is 24.6 Å². The lowest BCUT2D eigenvalue weighted by Gasteiger charge is -2.08. The molecule has 66 valence electrons. The molecule has 3 nitrogen and oxygen atoms in total. The van der Waals surface area contributed by atoms with Gasteiger partial charge < -0.3 is 14.6 Å². The van der Waals surface area contributed by atoms with Crippen LogP contribution in [-0.2, 0) is 0 Å². The van der Waals surface area contributed by atoms with Gasteiger partial charge in [0.25, 0.3) is 0 Å². The Hall–Kier alpha value is -1.38. The first kappa shape index (κ1) is 3.56. The number of hydrogen-bond acceptors (Lipinski definition) is 3. The third kappa shape index (κ3) is 1.44. The predicted molar refractivity (Wildman–Crippen MR) is 45.9 cm³/mol. The molecule has 0 saturated heterocycles.